The van der Waals surface area contributed by atoms with E-state index in [1.807, 2.05) is 0 Å². The van der Waals surface area contributed by atoms with Crippen LogP contribution < -0.4 is 11.1 Å². The molecule has 1 amide bonds. The topological polar surface area (TPSA) is 93.8 Å². The summed E-state index contributed by atoms with van der Waals surface area (Å²) in [6.07, 6.45) is 4.40. The minimum atomic E-state index is -3.10. The Kier molecular flexibility index (Phi) is 10.2. The standard InChI is InChI=1S/C11H26N2O4Si/c1-16-18(15,17-2)10-7-11(14)13-9-6-4-3-5-8-12/h15H,3-10,12H2,1-2H3,(H,13,14). The molecule has 7 heteroatoms. The van der Waals surface area contributed by atoms with Crippen molar-refractivity contribution >= 4 is 14.7 Å². The summed E-state index contributed by atoms with van der Waals surface area (Å²) in [6.45, 7) is 1.40. The van der Waals surface area contributed by atoms with Crippen LogP contribution in [0.1, 0.15) is 32.1 Å². The fourth-order valence-electron chi connectivity index (χ4n) is 1.50. The molecule has 0 saturated heterocycles. The molecule has 0 aliphatic carbocycles. The maximum atomic E-state index is 11.5. The molecule has 0 spiro atoms. The van der Waals surface area contributed by atoms with Gasteiger partial charge in [-0.25, -0.2) is 0 Å². The van der Waals surface area contributed by atoms with Gasteiger partial charge in [0.2, 0.25) is 5.91 Å². The third kappa shape index (κ3) is 8.59. The Morgan fingerprint density at radius 1 is 1.22 bits per heavy atom. The van der Waals surface area contributed by atoms with Gasteiger partial charge in [0.05, 0.1) is 0 Å². The van der Waals surface area contributed by atoms with Crippen molar-refractivity contribution in [3.05, 3.63) is 0 Å². The van der Waals surface area contributed by atoms with Gasteiger partial charge in [0.1, 0.15) is 0 Å². The third-order valence-corrected chi connectivity index (χ3v) is 4.92. The number of carbonyl (C=O) groups excluding carboxylic acids is 1. The van der Waals surface area contributed by atoms with Gasteiger partial charge in [-0.2, -0.15) is 0 Å². The number of nitrogens with one attached hydrogen (secondary N) is 1. The second-order valence-corrected chi connectivity index (χ2v) is 6.92. The van der Waals surface area contributed by atoms with E-state index in [-0.39, 0.29) is 18.4 Å². The van der Waals surface area contributed by atoms with E-state index in [1.54, 1.807) is 0 Å². The highest BCUT2D eigenvalue weighted by atomic mass is 28.4. The average Bonchev–Trinajstić information content (AvgIpc) is 2.40. The molecule has 4 N–H and O–H groups in total. The molecule has 0 aliphatic rings. The van der Waals surface area contributed by atoms with Crippen molar-refractivity contribution in [2.45, 2.75) is 38.1 Å². The largest absolute Gasteiger partial charge is 0.498 e. The molecule has 0 heterocycles. The van der Waals surface area contributed by atoms with Crippen molar-refractivity contribution in [2.24, 2.45) is 5.73 Å². The SMILES string of the molecule is CO[Si](O)(CCC(=O)NCCCCCCN)OC. The molecular weight excluding hydrogens is 252 g/mol. The zero-order valence-corrected chi connectivity index (χ0v) is 12.4. The lowest BCUT2D eigenvalue weighted by Crippen LogP contribution is -2.41. The summed E-state index contributed by atoms with van der Waals surface area (Å²) in [5.74, 6) is -0.0751. The van der Waals surface area contributed by atoms with Crippen molar-refractivity contribution in [2.75, 3.05) is 27.3 Å². The van der Waals surface area contributed by atoms with Gasteiger partial charge in [-0.3, -0.25) is 4.79 Å². The van der Waals surface area contributed by atoms with Crippen LogP contribution in [-0.4, -0.2) is 46.8 Å². The summed E-state index contributed by atoms with van der Waals surface area (Å²) in [5.41, 5.74) is 5.38. The molecule has 0 fully saturated rings. The maximum Gasteiger partial charge on any atom is 0.498 e. The van der Waals surface area contributed by atoms with Gasteiger partial charge >= 0.3 is 8.80 Å². The van der Waals surface area contributed by atoms with Crippen LogP contribution in [-0.2, 0) is 13.6 Å². The Morgan fingerprint density at radius 3 is 2.39 bits per heavy atom. The van der Waals surface area contributed by atoms with E-state index < -0.39 is 8.80 Å². The molecule has 0 bridgehead atoms. The summed E-state index contributed by atoms with van der Waals surface area (Å²) in [7, 11) is -0.312. The predicted octanol–water partition coefficient (Wildman–Crippen LogP) is 0.236. The molecule has 0 radical (unpaired) electrons. The lowest BCUT2D eigenvalue weighted by atomic mass is 10.2. The molecule has 108 valence electrons. The zero-order chi connectivity index (χ0) is 13.9. The summed E-state index contributed by atoms with van der Waals surface area (Å²) in [5, 5.41) is 2.81. The Labute approximate surface area is 110 Å². The first-order chi connectivity index (χ1) is 8.58. The number of unbranched alkanes of at least 4 members (excludes halogenated alkanes) is 3. The van der Waals surface area contributed by atoms with Crippen LogP contribution in [0.5, 0.6) is 0 Å². The van der Waals surface area contributed by atoms with E-state index in [0.717, 1.165) is 32.2 Å². The minimum absolute atomic E-state index is 0.0751. The maximum absolute atomic E-state index is 11.5. The van der Waals surface area contributed by atoms with Crippen molar-refractivity contribution in [1.29, 1.82) is 0 Å². The highest BCUT2D eigenvalue weighted by Gasteiger charge is 2.34. The zero-order valence-electron chi connectivity index (χ0n) is 11.4. The number of rotatable bonds is 11. The van der Waals surface area contributed by atoms with Gasteiger partial charge in [-0.1, -0.05) is 12.8 Å². The van der Waals surface area contributed by atoms with Crippen LogP contribution in [0.3, 0.4) is 0 Å². The first kappa shape index (κ1) is 17.5. The Bertz CT molecular complexity index is 225. The molecule has 18 heavy (non-hydrogen) atoms. The van der Waals surface area contributed by atoms with Crippen molar-refractivity contribution < 1.29 is 18.4 Å². The fourth-order valence-corrected chi connectivity index (χ4v) is 2.62. The second-order valence-electron chi connectivity index (χ2n) is 4.17. The second kappa shape index (κ2) is 10.4. The van der Waals surface area contributed by atoms with E-state index in [4.69, 9.17) is 14.6 Å². The van der Waals surface area contributed by atoms with Crippen molar-refractivity contribution in [3.63, 3.8) is 0 Å². The highest BCUT2D eigenvalue weighted by molar-refractivity contribution is 6.59. The first-order valence-corrected chi connectivity index (χ1v) is 8.34. The average molecular weight is 278 g/mol. The van der Waals surface area contributed by atoms with Gasteiger partial charge in [0, 0.05) is 33.2 Å². The van der Waals surface area contributed by atoms with Gasteiger partial charge in [-0.15, -0.1) is 0 Å². The van der Waals surface area contributed by atoms with E-state index >= 15 is 0 Å². The van der Waals surface area contributed by atoms with Crippen LogP contribution in [0.2, 0.25) is 6.04 Å². The predicted molar refractivity (Wildman–Crippen MR) is 71.9 cm³/mol. The number of carbonyl (C=O) groups is 1. The molecule has 0 aliphatic heterocycles. The Balaban J connectivity index is 3.54. The van der Waals surface area contributed by atoms with Gasteiger partial charge in [-0.05, 0) is 19.4 Å². The summed E-state index contributed by atoms with van der Waals surface area (Å²) in [6, 6.07) is 0.249. The smallest absolute Gasteiger partial charge is 0.390 e. The van der Waals surface area contributed by atoms with Crippen molar-refractivity contribution in [1.82, 2.24) is 5.32 Å². The van der Waals surface area contributed by atoms with Crippen molar-refractivity contribution in [3.8, 4) is 0 Å². The molecule has 6 nitrogen and oxygen atoms in total. The monoisotopic (exact) mass is 278 g/mol. The molecule has 0 aromatic rings. The van der Waals surface area contributed by atoms with Crippen LogP contribution in [0.4, 0.5) is 0 Å². The molecule has 0 unspecified atom stereocenters. The van der Waals surface area contributed by atoms with E-state index in [2.05, 4.69) is 5.32 Å². The van der Waals surface area contributed by atoms with Crippen LogP contribution in [0.25, 0.3) is 0 Å². The molecule has 0 aromatic carbocycles. The Hall–Kier alpha value is -0.473. The van der Waals surface area contributed by atoms with Crippen LogP contribution in [0.15, 0.2) is 0 Å². The molecular formula is C11H26N2O4Si. The van der Waals surface area contributed by atoms with E-state index in [1.165, 1.54) is 14.2 Å². The van der Waals surface area contributed by atoms with Crippen LogP contribution >= 0.6 is 0 Å². The summed E-state index contributed by atoms with van der Waals surface area (Å²) >= 11 is 0. The number of hydrogen-bond acceptors (Lipinski definition) is 5. The van der Waals surface area contributed by atoms with Gasteiger partial charge < -0.3 is 24.7 Å². The van der Waals surface area contributed by atoms with Crippen LogP contribution in [0, 0.1) is 0 Å². The molecule has 0 saturated carbocycles. The first-order valence-electron chi connectivity index (χ1n) is 6.37. The fraction of sp³-hybridized carbons (Fsp3) is 0.909. The molecule has 0 atom stereocenters. The number of nitrogens with two attached hydrogens (primary N) is 1. The van der Waals surface area contributed by atoms with Gasteiger partial charge in [0.15, 0.2) is 0 Å². The third-order valence-electron chi connectivity index (χ3n) is 2.76. The quantitative estimate of drug-likeness (QED) is 0.372. The lowest BCUT2D eigenvalue weighted by Gasteiger charge is -2.19. The molecule has 0 aromatic heterocycles. The Morgan fingerprint density at radius 2 is 1.83 bits per heavy atom. The number of hydrogen-bond donors (Lipinski definition) is 3. The minimum Gasteiger partial charge on any atom is -0.390 e. The van der Waals surface area contributed by atoms with E-state index in [9.17, 15) is 9.59 Å². The van der Waals surface area contributed by atoms with E-state index in [0.29, 0.717) is 6.54 Å². The normalized spacial score (nSPS) is 11.6. The highest BCUT2D eigenvalue weighted by Crippen LogP contribution is 2.10. The summed E-state index contributed by atoms with van der Waals surface area (Å²) in [4.78, 5) is 21.2. The van der Waals surface area contributed by atoms with Gasteiger partial charge in [0.25, 0.3) is 0 Å². The lowest BCUT2D eigenvalue weighted by molar-refractivity contribution is -0.120. The number of amides is 1. The molecule has 0 rings (SSSR count). The summed E-state index contributed by atoms with van der Waals surface area (Å²) < 4.78 is 9.78.